The van der Waals surface area contributed by atoms with Gasteiger partial charge in [0.15, 0.2) is 4.90 Å². The molecular formula is C11H10F3N3OS. The fourth-order valence-electron chi connectivity index (χ4n) is 1.62. The predicted molar refractivity (Wildman–Crippen MR) is 63.3 cm³/mol. The molecule has 2 aromatic rings. The molecule has 0 radical (unpaired) electrons. The van der Waals surface area contributed by atoms with Crippen molar-refractivity contribution in [2.75, 3.05) is 6.26 Å². The highest BCUT2D eigenvalue weighted by molar-refractivity contribution is 7.90. The number of halogens is 3. The summed E-state index contributed by atoms with van der Waals surface area (Å²) in [6.07, 6.45) is -0.373. The lowest BCUT2D eigenvalue weighted by Gasteiger charge is -2.10. The van der Waals surface area contributed by atoms with Gasteiger partial charge in [-0.15, -0.1) is 5.10 Å². The van der Waals surface area contributed by atoms with Gasteiger partial charge in [-0.1, -0.05) is 0 Å². The maximum Gasteiger partial charge on any atom is 0.299 e. The van der Waals surface area contributed by atoms with E-state index >= 15 is 0 Å². The number of aryl methyl sites for hydroxylation is 1. The van der Waals surface area contributed by atoms with Crippen LogP contribution in [0.4, 0.5) is 13.2 Å². The van der Waals surface area contributed by atoms with Crippen LogP contribution in [0.5, 0.6) is 0 Å². The molecule has 0 saturated heterocycles. The zero-order valence-electron chi connectivity index (χ0n) is 10.1. The van der Waals surface area contributed by atoms with Gasteiger partial charge in [0.25, 0.3) is 6.43 Å². The molecular weight excluding hydrogens is 279 g/mol. The maximum absolute atomic E-state index is 13.8. The van der Waals surface area contributed by atoms with Crippen LogP contribution in [-0.2, 0) is 11.2 Å². The molecule has 0 aliphatic carbocycles. The van der Waals surface area contributed by atoms with Crippen molar-refractivity contribution in [1.82, 2.24) is 14.8 Å². The van der Waals surface area contributed by atoms with Crippen LogP contribution in [0.3, 0.4) is 0 Å². The van der Waals surface area contributed by atoms with Gasteiger partial charge in [0, 0.05) is 11.6 Å². The topological polar surface area (TPSA) is 53.8 Å². The fraction of sp³-hybridized carbons (Fsp3) is 0.273. The van der Waals surface area contributed by atoms with Crippen molar-refractivity contribution in [2.45, 2.75) is 18.2 Å². The van der Waals surface area contributed by atoms with Crippen molar-refractivity contribution in [1.29, 1.82) is 0 Å². The number of alkyl halides is 2. The number of nitrogens with zero attached hydrogens (tertiary/aromatic N) is 3. The van der Waals surface area contributed by atoms with E-state index in [0.29, 0.717) is 10.5 Å². The highest BCUT2D eigenvalue weighted by atomic mass is 32.2. The largest absolute Gasteiger partial charge is 0.612 e. The summed E-state index contributed by atoms with van der Waals surface area (Å²) in [7, 11) is 0. The van der Waals surface area contributed by atoms with Crippen molar-refractivity contribution in [3.8, 4) is 5.69 Å². The van der Waals surface area contributed by atoms with Gasteiger partial charge >= 0.3 is 0 Å². The summed E-state index contributed by atoms with van der Waals surface area (Å²) in [6, 6.07) is 2.51. The lowest BCUT2D eigenvalue weighted by Crippen LogP contribution is -2.06. The number of hydrogen-bond acceptors (Lipinski definition) is 3. The quantitative estimate of drug-likeness (QED) is 0.815. The van der Waals surface area contributed by atoms with Crippen molar-refractivity contribution < 1.29 is 17.7 Å². The second-order valence-electron chi connectivity index (χ2n) is 3.87. The molecule has 1 heterocycles. The van der Waals surface area contributed by atoms with Crippen LogP contribution in [-0.4, -0.2) is 25.6 Å². The SMILES string of the molecule is Cc1cc(F)c(-n2cnc(C(F)F)n2)cc1[S+](C)[O-]. The Kier molecular flexibility index (Phi) is 3.81. The van der Waals surface area contributed by atoms with Gasteiger partial charge in [-0.25, -0.2) is 22.8 Å². The Bertz CT molecular complexity index is 601. The monoisotopic (exact) mass is 289 g/mol. The van der Waals surface area contributed by atoms with Crippen LogP contribution >= 0.6 is 0 Å². The zero-order chi connectivity index (χ0) is 14.2. The summed E-state index contributed by atoms with van der Waals surface area (Å²) in [5.74, 6) is -1.32. The number of aromatic nitrogens is 3. The summed E-state index contributed by atoms with van der Waals surface area (Å²) in [6.45, 7) is 1.62. The lowest BCUT2D eigenvalue weighted by molar-refractivity contribution is 0.140. The maximum atomic E-state index is 13.8. The second kappa shape index (κ2) is 5.22. The molecule has 4 nitrogen and oxygen atoms in total. The Hall–Kier alpha value is -1.54. The van der Waals surface area contributed by atoms with Crippen LogP contribution in [0.1, 0.15) is 17.8 Å². The summed E-state index contributed by atoms with van der Waals surface area (Å²) in [4.78, 5) is 3.81. The fourth-order valence-corrected chi connectivity index (χ4v) is 2.41. The predicted octanol–water partition coefficient (Wildman–Crippen LogP) is 2.39. The zero-order valence-corrected chi connectivity index (χ0v) is 10.9. The highest BCUT2D eigenvalue weighted by Gasteiger charge is 2.18. The van der Waals surface area contributed by atoms with E-state index in [0.717, 1.165) is 11.0 Å². The minimum atomic E-state index is -2.82. The molecule has 0 fully saturated rings. The van der Waals surface area contributed by atoms with Gasteiger partial charge in [-0.2, -0.15) is 0 Å². The lowest BCUT2D eigenvalue weighted by atomic mass is 10.2. The summed E-state index contributed by atoms with van der Waals surface area (Å²) in [5.41, 5.74) is 0.464. The van der Waals surface area contributed by atoms with Gasteiger partial charge in [-0.3, -0.25) is 0 Å². The first kappa shape index (κ1) is 13.9. The molecule has 1 unspecified atom stereocenters. The molecule has 102 valence electrons. The first-order chi connectivity index (χ1) is 8.90. The Morgan fingerprint density at radius 2 is 2.05 bits per heavy atom. The standard InChI is InChI=1S/C11H10F3N3OS/c1-6-3-7(12)8(4-9(6)19(2)18)17-5-15-11(16-17)10(13)14/h3-5,10H,1-2H3. The third kappa shape index (κ3) is 2.74. The molecule has 0 saturated carbocycles. The number of hydrogen-bond donors (Lipinski definition) is 0. The van der Waals surface area contributed by atoms with E-state index in [2.05, 4.69) is 10.1 Å². The smallest absolute Gasteiger partial charge is 0.299 e. The van der Waals surface area contributed by atoms with Crippen LogP contribution < -0.4 is 0 Å². The van der Waals surface area contributed by atoms with Crippen LogP contribution in [0.2, 0.25) is 0 Å². The third-order valence-corrected chi connectivity index (χ3v) is 3.56. The molecule has 0 spiro atoms. The van der Waals surface area contributed by atoms with Gasteiger partial charge in [0.2, 0.25) is 5.82 Å². The molecule has 0 amide bonds. The Balaban J connectivity index is 2.51. The van der Waals surface area contributed by atoms with Crippen LogP contribution in [0, 0.1) is 12.7 Å². The normalized spacial score (nSPS) is 13.0. The van der Waals surface area contributed by atoms with E-state index in [1.165, 1.54) is 18.4 Å². The average molecular weight is 289 g/mol. The Morgan fingerprint density at radius 1 is 1.37 bits per heavy atom. The van der Waals surface area contributed by atoms with Gasteiger partial charge in [0.1, 0.15) is 24.1 Å². The number of benzene rings is 1. The molecule has 0 bridgehead atoms. The van der Waals surface area contributed by atoms with Gasteiger partial charge < -0.3 is 4.55 Å². The Labute approximate surface area is 110 Å². The van der Waals surface area contributed by atoms with Crippen molar-refractivity contribution in [3.05, 3.63) is 35.7 Å². The van der Waals surface area contributed by atoms with E-state index in [4.69, 9.17) is 0 Å². The highest BCUT2D eigenvalue weighted by Crippen LogP contribution is 2.23. The van der Waals surface area contributed by atoms with Crippen LogP contribution in [0.25, 0.3) is 5.69 Å². The van der Waals surface area contributed by atoms with Gasteiger partial charge in [-0.05, 0) is 24.2 Å². The van der Waals surface area contributed by atoms with E-state index < -0.39 is 29.2 Å². The second-order valence-corrected chi connectivity index (χ2v) is 5.22. The third-order valence-electron chi connectivity index (χ3n) is 2.51. The van der Waals surface area contributed by atoms with Crippen LogP contribution in [0.15, 0.2) is 23.4 Å². The molecule has 1 aromatic carbocycles. The molecule has 1 atom stereocenters. The molecule has 19 heavy (non-hydrogen) atoms. The van der Waals surface area contributed by atoms with Gasteiger partial charge in [0.05, 0.1) is 0 Å². The molecule has 8 heteroatoms. The average Bonchev–Trinajstić information content (AvgIpc) is 2.77. The number of rotatable bonds is 3. The minimum Gasteiger partial charge on any atom is -0.612 e. The summed E-state index contributed by atoms with van der Waals surface area (Å²) in [5, 5.41) is 3.49. The van der Waals surface area contributed by atoms with Crippen molar-refractivity contribution >= 4 is 11.2 Å². The first-order valence-corrected chi connectivity index (χ1v) is 6.79. The Morgan fingerprint density at radius 3 is 2.58 bits per heavy atom. The minimum absolute atomic E-state index is 0.0600. The molecule has 0 aliphatic heterocycles. The molecule has 0 aliphatic rings. The summed E-state index contributed by atoms with van der Waals surface area (Å²) < 4.78 is 51.0. The van der Waals surface area contributed by atoms with Crippen molar-refractivity contribution in [2.24, 2.45) is 0 Å². The van der Waals surface area contributed by atoms with E-state index in [1.54, 1.807) is 6.92 Å². The molecule has 1 aromatic heterocycles. The first-order valence-electron chi connectivity index (χ1n) is 5.24. The molecule has 2 rings (SSSR count). The van der Waals surface area contributed by atoms with E-state index in [9.17, 15) is 17.7 Å². The summed E-state index contributed by atoms with van der Waals surface area (Å²) >= 11 is -1.31. The van der Waals surface area contributed by atoms with E-state index in [-0.39, 0.29) is 5.69 Å². The van der Waals surface area contributed by atoms with E-state index in [1.807, 2.05) is 0 Å². The van der Waals surface area contributed by atoms with Crippen molar-refractivity contribution in [3.63, 3.8) is 0 Å². The molecule has 0 N–H and O–H groups in total.